The van der Waals surface area contributed by atoms with Gasteiger partial charge in [-0.2, -0.15) is 0 Å². The molecule has 0 aliphatic heterocycles. The number of hydrogen-bond donors (Lipinski definition) is 1. The average Bonchev–Trinajstić information content (AvgIpc) is 2.39. The van der Waals surface area contributed by atoms with Crippen LogP contribution in [-0.4, -0.2) is 17.1 Å². The molecular weight excluding hydrogens is 214 g/mol. The molecule has 0 aliphatic carbocycles. The van der Waals surface area contributed by atoms with Gasteiger partial charge < -0.3 is 10.5 Å². The van der Waals surface area contributed by atoms with E-state index >= 15 is 0 Å². The molecule has 0 amide bonds. The zero-order valence-corrected chi connectivity index (χ0v) is 9.92. The van der Waals surface area contributed by atoms with Crippen molar-refractivity contribution in [2.75, 3.05) is 7.11 Å². The van der Waals surface area contributed by atoms with Crippen molar-refractivity contribution in [3.05, 3.63) is 53.6 Å². The standard InChI is InChI=1S/C13H15N3O/c1-9-7-15-13(16-8-9)12(14)10-3-5-11(17-2)6-4-10/h3-8,12H,14H2,1-2H3. The number of rotatable bonds is 3. The second-order valence-electron chi connectivity index (χ2n) is 3.87. The van der Waals surface area contributed by atoms with E-state index in [0.29, 0.717) is 5.82 Å². The van der Waals surface area contributed by atoms with Crippen molar-refractivity contribution in [3.8, 4) is 5.75 Å². The van der Waals surface area contributed by atoms with Gasteiger partial charge in [0.25, 0.3) is 0 Å². The SMILES string of the molecule is COc1ccc(C(N)c2ncc(C)cn2)cc1. The third-order valence-corrected chi connectivity index (χ3v) is 2.55. The summed E-state index contributed by atoms with van der Waals surface area (Å²) in [5.74, 6) is 1.44. The quantitative estimate of drug-likeness (QED) is 0.872. The van der Waals surface area contributed by atoms with Crippen LogP contribution in [0.1, 0.15) is 23.0 Å². The van der Waals surface area contributed by atoms with Crippen molar-refractivity contribution in [1.82, 2.24) is 9.97 Å². The number of ether oxygens (including phenoxy) is 1. The molecule has 2 rings (SSSR count). The minimum absolute atomic E-state index is 0.304. The van der Waals surface area contributed by atoms with E-state index < -0.39 is 0 Å². The Bertz CT molecular complexity index is 479. The molecule has 2 N–H and O–H groups in total. The normalized spacial score (nSPS) is 12.2. The van der Waals surface area contributed by atoms with E-state index in [1.165, 1.54) is 0 Å². The lowest BCUT2D eigenvalue weighted by molar-refractivity contribution is 0.414. The van der Waals surface area contributed by atoms with Gasteiger partial charge in [-0.05, 0) is 30.2 Å². The summed E-state index contributed by atoms with van der Waals surface area (Å²) >= 11 is 0. The van der Waals surface area contributed by atoms with Gasteiger partial charge in [0.15, 0.2) is 0 Å². The highest BCUT2D eigenvalue weighted by Crippen LogP contribution is 2.19. The number of aromatic nitrogens is 2. The molecule has 0 spiro atoms. The number of nitrogens with zero attached hydrogens (tertiary/aromatic N) is 2. The smallest absolute Gasteiger partial charge is 0.149 e. The maximum atomic E-state index is 6.09. The van der Waals surface area contributed by atoms with E-state index in [4.69, 9.17) is 10.5 Å². The molecule has 1 aromatic carbocycles. The van der Waals surface area contributed by atoms with E-state index in [1.54, 1.807) is 19.5 Å². The maximum Gasteiger partial charge on any atom is 0.149 e. The Morgan fingerprint density at radius 2 is 1.71 bits per heavy atom. The van der Waals surface area contributed by atoms with Crippen LogP contribution in [0.3, 0.4) is 0 Å². The zero-order valence-electron chi connectivity index (χ0n) is 9.92. The monoisotopic (exact) mass is 229 g/mol. The molecule has 1 heterocycles. The molecular formula is C13H15N3O. The summed E-state index contributed by atoms with van der Waals surface area (Å²) in [6.45, 7) is 1.95. The first kappa shape index (κ1) is 11.5. The van der Waals surface area contributed by atoms with E-state index in [2.05, 4.69) is 9.97 Å². The first-order valence-corrected chi connectivity index (χ1v) is 5.39. The molecule has 4 nitrogen and oxygen atoms in total. The van der Waals surface area contributed by atoms with Gasteiger partial charge in [0.1, 0.15) is 11.6 Å². The molecule has 0 saturated carbocycles. The highest BCUT2D eigenvalue weighted by atomic mass is 16.5. The third-order valence-electron chi connectivity index (χ3n) is 2.55. The van der Waals surface area contributed by atoms with Crippen molar-refractivity contribution in [2.45, 2.75) is 13.0 Å². The van der Waals surface area contributed by atoms with Crippen molar-refractivity contribution in [1.29, 1.82) is 0 Å². The van der Waals surface area contributed by atoms with E-state index in [1.807, 2.05) is 31.2 Å². The van der Waals surface area contributed by atoms with Crippen LogP contribution in [-0.2, 0) is 0 Å². The molecule has 88 valence electrons. The molecule has 1 atom stereocenters. The van der Waals surface area contributed by atoms with E-state index in [-0.39, 0.29) is 6.04 Å². The maximum absolute atomic E-state index is 6.09. The minimum Gasteiger partial charge on any atom is -0.497 e. The van der Waals surface area contributed by atoms with Crippen molar-refractivity contribution in [2.24, 2.45) is 5.73 Å². The molecule has 0 aliphatic rings. The number of benzene rings is 1. The van der Waals surface area contributed by atoms with Gasteiger partial charge in [-0.15, -0.1) is 0 Å². The fourth-order valence-corrected chi connectivity index (χ4v) is 1.52. The van der Waals surface area contributed by atoms with Crippen molar-refractivity contribution in [3.63, 3.8) is 0 Å². The van der Waals surface area contributed by atoms with Gasteiger partial charge in [-0.3, -0.25) is 0 Å². The first-order chi connectivity index (χ1) is 8.20. The van der Waals surface area contributed by atoms with Crippen molar-refractivity contribution < 1.29 is 4.74 Å². The molecule has 2 aromatic rings. The van der Waals surface area contributed by atoms with Crippen LogP contribution in [0.15, 0.2) is 36.7 Å². The third kappa shape index (κ3) is 2.60. The fourth-order valence-electron chi connectivity index (χ4n) is 1.52. The van der Waals surface area contributed by atoms with Gasteiger partial charge in [0, 0.05) is 12.4 Å². The summed E-state index contributed by atoms with van der Waals surface area (Å²) in [5, 5.41) is 0. The molecule has 4 heteroatoms. The van der Waals surface area contributed by atoms with Gasteiger partial charge in [-0.25, -0.2) is 9.97 Å². The lowest BCUT2D eigenvalue weighted by atomic mass is 10.1. The van der Waals surface area contributed by atoms with Crippen LogP contribution in [0.2, 0.25) is 0 Å². The van der Waals surface area contributed by atoms with Gasteiger partial charge in [-0.1, -0.05) is 12.1 Å². The highest BCUT2D eigenvalue weighted by Gasteiger charge is 2.11. The number of aryl methyl sites for hydroxylation is 1. The zero-order chi connectivity index (χ0) is 12.3. The number of hydrogen-bond acceptors (Lipinski definition) is 4. The second-order valence-corrected chi connectivity index (χ2v) is 3.87. The molecule has 1 unspecified atom stereocenters. The lowest BCUT2D eigenvalue weighted by Gasteiger charge is -2.11. The second kappa shape index (κ2) is 4.93. The van der Waals surface area contributed by atoms with Crippen molar-refractivity contribution >= 4 is 0 Å². The van der Waals surface area contributed by atoms with Crippen LogP contribution in [0.4, 0.5) is 0 Å². The Hall–Kier alpha value is -1.94. The van der Waals surface area contributed by atoms with E-state index in [0.717, 1.165) is 16.9 Å². The summed E-state index contributed by atoms with van der Waals surface area (Å²) in [6.07, 6.45) is 3.54. The molecule has 0 saturated heterocycles. The largest absolute Gasteiger partial charge is 0.497 e. The molecule has 0 fully saturated rings. The van der Waals surface area contributed by atoms with Gasteiger partial charge in [0.05, 0.1) is 13.2 Å². The lowest BCUT2D eigenvalue weighted by Crippen LogP contribution is -2.15. The van der Waals surface area contributed by atoms with Crippen LogP contribution in [0.25, 0.3) is 0 Å². The Balaban J connectivity index is 2.23. The summed E-state index contributed by atoms with van der Waals surface area (Å²) < 4.78 is 5.10. The number of methoxy groups -OCH3 is 1. The molecule has 0 bridgehead atoms. The Labute approximate surface area is 100 Å². The van der Waals surface area contributed by atoms with Crippen LogP contribution in [0, 0.1) is 6.92 Å². The average molecular weight is 229 g/mol. The van der Waals surface area contributed by atoms with E-state index in [9.17, 15) is 0 Å². The predicted octanol–water partition coefficient (Wildman–Crippen LogP) is 1.84. The van der Waals surface area contributed by atoms with Crippen LogP contribution in [0.5, 0.6) is 5.75 Å². The Morgan fingerprint density at radius 1 is 1.12 bits per heavy atom. The summed E-state index contributed by atoms with van der Waals surface area (Å²) in [7, 11) is 1.64. The molecule has 0 radical (unpaired) electrons. The van der Waals surface area contributed by atoms with Crippen LogP contribution >= 0.6 is 0 Å². The van der Waals surface area contributed by atoms with Gasteiger partial charge in [0.2, 0.25) is 0 Å². The first-order valence-electron chi connectivity index (χ1n) is 5.39. The van der Waals surface area contributed by atoms with Gasteiger partial charge >= 0.3 is 0 Å². The minimum atomic E-state index is -0.304. The number of nitrogens with two attached hydrogens (primary N) is 1. The summed E-state index contributed by atoms with van der Waals surface area (Å²) in [4.78, 5) is 8.46. The summed E-state index contributed by atoms with van der Waals surface area (Å²) in [5.41, 5.74) is 8.08. The van der Waals surface area contributed by atoms with Crippen LogP contribution < -0.4 is 10.5 Å². The predicted molar refractivity (Wildman–Crippen MR) is 65.8 cm³/mol. The summed E-state index contributed by atoms with van der Waals surface area (Å²) in [6, 6.07) is 7.30. The topological polar surface area (TPSA) is 61.0 Å². The Morgan fingerprint density at radius 3 is 2.24 bits per heavy atom. The highest BCUT2D eigenvalue weighted by molar-refractivity contribution is 5.31. The molecule has 17 heavy (non-hydrogen) atoms. The fraction of sp³-hybridized carbons (Fsp3) is 0.231. The Kier molecular flexibility index (Phi) is 3.35. The molecule has 1 aromatic heterocycles.